The van der Waals surface area contributed by atoms with E-state index in [0.29, 0.717) is 0 Å². The van der Waals surface area contributed by atoms with Crippen LogP contribution in [0.2, 0.25) is 0 Å². The molecule has 4 nitrogen and oxygen atoms in total. The number of anilines is 1. The Labute approximate surface area is 104 Å². The molecule has 94 valence electrons. The molecule has 2 N–H and O–H groups in total. The molecule has 0 fully saturated rings. The first-order valence-electron chi connectivity index (χ1n) is 5.42. The number of carbonyl (C=O) groups is 1. The molecule has 0 saturated heterocycles. The highest BCUT2D eigenvalue weighted by Gasteiger charge is 2.25. The van der Waals surface area contributed by atoms with Crippen LogP contribution in [0.5, 0.6) is 0 Å². The largest absolute Gasteiger partial charge is 0.616 e. The second-order valence-corrected chi connectivity index (χ2v) is 6.03. The summed E-state index contributed by atoms with van der Waals surface area (Å²) < 4.78 is 11.7. The van der Waals surface area contributed by atoms with E-state index in [0.717, 1.165) is 5.69 Å². The van der Waals surface area contributed by atoms with Crippen molar-refractivity contribution in [2.75, 3.05) is 11.1 Å². The van der Waals surface area contributed by atoms with Crippen LogP contribution < -0.4 is 5.32 Å². The molecule has 0 heterocycles. The lowest BCUT2D eigenvalue weighted by Crippen LogP contribution is -2.38. The van der Waals surface area contributed by atoms with Crippen LogP contribution in [0, 0.1) is 0 Å². The van der Waals surface area contributed by atoms with E-state index >= 15 is 0 Å². The Morgan fingerprint density at radius 2 is 2.00 bits per heavy atom. The first kappa shape index (κ1) is 13.9. The molecule has 1 aromatic rings. The van der Waals surface area contributed by atoms with Crippen LogP contribution in [0.15, 0.2) is 30.3 Å². The number of aliphatic carboxylic acids is 1. The Hall–Kier alpha value is -1.20. The first-order chi connectivity index (χ1) is 8.00. The molecular weight excluding hydrogens is 238 g/mol. The zero-order chi connectivity index (χ0) is 12.8. The van der Waals surface area contributed by atoms with Gasteiger partial charge in [-0.25, -0.2) is 4.79 Å². The molecule has 0 spiro atoms. The summed E-state index contributed by atoms with van der Waals surface area (Å²) in [5, 5.41) is 11.9. The molecule has 0 aliphatic heterocycles. The van der Waals surface area contributed by atoms with E-state index in [1.165, 1.54) is 0 Å². The van der Waals surface area contributed by atoms with Crippen LogP contribution in [0.1, 0.15) is 13.8 Å². The van der Waals surface area contributed by atoms with E-state index in [4.69, 9.17) is 5.11 Å². The van der Waals surface area contributed by atoms with E-state index in [9.17, 15) is 9.35 Å². The molecule has 1 aromatic carbocycles. The summed E-state index contributed by atoms with van der Waals surface area (Å²) in [7, 11) is 0. The fourth-order valence-corrected chi connectivity index (χ4v) is 2.21. The third-order valence-corrected chi connectivity index (χ3v) is 3.98. The third kappa shape index (κ3) is 4.66. The van der Waals surface area contributed by atoms with Crippen LogP contribution in [0.3, 0.4) is 0 Å². The van der Waals surface area contributed by atoms with Gasteiger partial charge in [-0.15, -0.1) is 0 Å². The van der Waals surface area contributed by atoms with E-state index in [1.807, 2.05) is 32.0 Å². The van der Waals surface area contributed by atoms with Gasteiger partial charge in [0.15, 0.2) is 6.04 Å². The van der Waals surface area contributed by atoms with Gasteiger partial charge in [0, 0.05) is 5.69 Å². The molecule has 0 aliphatic carbocycles. The quantitative estimate of drug-likeness (QED) is 0.759. The monoisotopic (exact) mass is 255 g/mol. The zero-order valence-corrected chi connectivity index (χ0v) is 10.7. The SMILES string of the molecule is CC(C)[S+]([O-])C[C@H](Nc1ccccc1)C(=O)O. The Balaban J connectivity index is 2.64. The second-order valence-electron chi connectivity index (χ2n) is 4.00. The summed E-state index contributed by atoms with van der Waals surface area (Å²) in [4.78, 5) is 11.1. The van der Waals surface area contributed by atoms with Crippen LogP contribution in [-0.2, 0) is 16.0 Å². The summed E-state index contributed by atoms with van der Waals surface area (Å²) >= 11 is -1.14. The lowest BCUT2D eigenvalue weighted by Gasteiger charge is -2.20. The average Bonchev–Trinajstić information content (AvgIpc) is 2.29. The number of rotatable bonds is 6. The lowest BCUT2D eigenvalue weighted by molar-refractivity contribution is -0.137. The van der Waals surface area contributed by atoms with Crippen LogP contribution >= 0.6 is 0 Å². The zero-order valence-electron chi connectivity index (χ0n) is 9.92. The fourth-order valence-electron chi connectivity index (χ4n) is 1.27. The maximum atomic E-state index is 11.7. The highest BCUT2D eigenvalue weighted by atomic mass is 32.2. The van der Waals surface area contributed by atoms with Crippen molar-refractivity contribution in [3.05, 3.63) is 30.3 Å². The Kier molecular flexibility index (Phi) is 5.31. The van der Waals surface area contributed by atoms with Crippen molar-refractivity contribution in [2.24, 2.45) is 0 Å². The Morgan fingerprint density at radius 3 is 2.47 bits per heavy atom. The van der Waals surface area contributed by atoms with E-state index in [1.54, 1.807) is 12.1 Å². The summed E-state index contributed by atoms with van der Waals surface area (Å²) in [6.45, 7) is 3.63. The molecule has 0 saturated carbocycles. The number of hydrogen-bond acceptors (Lipinski definition) is 3. The molecule has 0 aromatic heterocycles. The maximum absolute atomic E-state index is 11.7. The number of carboxylic acids is 1. The molecule has 0 aliphatic rings. The highest BCUT2D eigenvalue weighted by Crippen LogP contribution is 2.10. The van der Waals surface area contributed by atoms with Crippen molar-refractivity contribution in [3.8, 4) is 0 Å². The molecule has 0 radical (unpaired) electrons. The number of benzene rings is 1. The van der Waals surface area contributed by atoms with Crippen molar-refractivity contribution in [1.29, 1.82) is 0 Å². The van der Waals surface area contributed by atoms with Gasteiger partial charge in [-0.2, -0.15) is 0 Å². The second kappa shape index (κ2) is 6.51. The van der Waals surface area contributed by atoms with E-state index < -0.39 is 23.2 Å². The minimum Gasteiger partial charge on any atom is -0.616 e. The standard InChI is InChI=1S/C12H17NO3S/c1-9(2)17(16)8-11(12(14)15)13-10-6-4-3-5-7-10/h3-7,9,11,13H,8H2,1-2H3,(H,14,15)/t11-,17?/m0/s1. The van der Waals surface area contributed by atoms with Gasteiger partial charge in [0.1, 0.15) is 11.0 Å². The predicted molar refractivity (Wildman–Crippen MR) is 69.6 cm³/mol. The molecule has 1 rings (SSSR count). The smallest absolute Gasteiger partial charge is 0.331 e. The molecule has 2 atom stereocenters. The van der Waals surface area contributed by atoms with Gasteiger partial charge >= 0.3 is 5.97 Å². The number of carboxylic acid groups (broad SMARTS) is 1. The molecule has 0 bridgehead atoms. The minimum absolute atomic E-state index is 0.0329. The molecule has 0 amide bonds. The maximum Gasteiger partial charge on any atom is 0.331 e. The molecule has 17 heavy (non-hydrogen) atoms. The highest BCUT2D eigenvalue weighted by molar-refractivity contribution is 7.92. The van der Waals surface area contributed by atoms with Gasteiger partial charge in [0.25, 0.3) is 0 Å². The van der Waals surface area contributed by atoms with E-state index in [-0.39, 0.29) is 11.0 Å². The Morgan fingerprint density at radius 1 is 1.41 bits per heavy atom. The van der Waals surface area contributed by atoms with Gasteiger partial charge in [0.2, 0.25) is 0 Å². The van der Waals surface area contributed by atoms with Crippen molar-refractivity contribution < 1.29 is 14.5 Å². The van der Waals surface area contributed by atoms with Crippen molar-refractivity contribution in [2.45, 2.75) is 25.1 Å². The number of nitrogens with one attached hydrogen (secondary N) is 1. The van der Waals surface area contributed by atoms with Gasteiger partial charge in [0.05, 0.1) is 0 Å². The van der Waals surface area contributed by atoms with Crippen molar-refractivity contribution >= 4 is 22.8 Å². The fraction of sp³-hybridized carbons (Fsp3) is 0.417. The normalized spacial score (nSPS) is 14.4. The summed E-state index contributed by atoms with van der Waals surface area (Å²) in [5.74, 6) is -0.870. The molecule has 5 heteroatoms. The first-order valence-corrected chi connectivity index (χ1v) is 6.80. The third-order valence-electron chi connectivity index (χ3n) is 2.27. The summed E-state index contributed by atoms with van der Waals surface area (Å²) in [6, 6.07) is 8.25. The van der Waals surface area contributed by atoms with E-state index in [2.05, 4.69) is 5.32 Å². The topological polar surface area (TPSA) is 72.4 Å². The lowest BCUT2D eigenvalue weighted by atomic mass is 10.2. The van der Waals surface area contributed by atoms with Crippen LogP contribution in [0.4, 0.5) is 5.69 Å². The van der Waals surface area contributed by atoms with Gasteiger partial charge in [-0.3, -0.25) is 0 Å². The Bertz CT molecular complexity index is 356. The van der Waals surface area contributed by atoms with Gasteiger partial charge in [-0.05, 0) is 37.2 Å². The van der Waals surface area contributed by atoms with Crippen molar-refractivity contribution in [3.63, 3.8) is 0 Å². The van der Waals surface area contributed by atoms with Gasteiger partial charge in [-0.1, -0.05) is 18.2 Å². The van der Waals surface area contributed by atoms with Crippen LogP contribution in [0.25, 0.3) is 0 Å². The minimum atomic E-state index is -1.14. The van der Waals surface area contributed by atoms with Crippen LogP contribution in [-0.4, -0.2) is 32.7 Å². The molecular formula is C12H17NO3S. The average molecular weight is 255 g/mol. The molecule has 1 unspecified atom stereocenters. The number of para-hydroxylation sites is 1. The van der Waals surface area contributed by atoms with Gasteiger partial charge < -0.3 is 15.0 Å². The summed E-state index contributed by atoms with van der Waals surface area (Å²) in [5.41, 5.74) is 0.723. The summed E-state index contributed by atoms with van der Waals surface area (Å²) in [6.07, 6.45) is 0. The number of hydrogen-bond donors (Lipinski definition) is 2. The predicted octanol–water partition coefficient (Wildman–Crippen LogP) is 1.71. The van der Waals surface area contributed by atoms with Crippen molar-refractivity contribution in [1.82, 2.24) is 0 Å².